The van der Waals surface area contributed by atoms with Crippen LogP contribution < -0.4 is 14.8 Å². The van der Waals surface area contributed by atoms with Gasteiger partial charge >= 0.3 is 0 Å². The molecule has 4 rings (SSSR count). The van der Waals surface area contributed by atoms with Crippen molar-refractivity contribution in [3.63, 3.8) is 0 Å². The number of ether oxygens (including phenoxy) is 3. The Morgan fingerprint density at radius 3 is 2.56 bits per heavy atom. The highest BCUT2D eigenvalue weighted by molar-refractivity contribution is 7.89. The summed E-state index contributed by atoms with van der Waals surface area (Å²) in [5.74, 6) is 0.538. The van der Waals surface area contributed by atoms with Crippen LogP contribution in [0, 0.1) is 0 Å². The lowest BCUT2D eigenvalue weighted by molar-refractivity contribution is 0.0730. The first kappa shape index (κ1) is 23.7. The van der Waals surface area contributed by atoms with Gasteiger partial charge in [-0.25, -0.2) is 8.42 Å². The Balaban J connectivity index is 1.49. The molecule has 0 saturated carbocycles. The highest BCUT2D eigenvalue weighted by Crippen LogP contribution is 2.31. The van der Waals surface area contributed by atoms with Crippen LogP contribution in [0.4, 0.5) is 5.69 Å². The maximum atomic E-state index is 12.9. The van der Waals surface area contributed by atoms with E-state index in [1.165, 1.54) is 23.5 Å². The van der Waals surface area contributed by atoms with Crippen molar-refractivity contribution < 1.29 is 27.4 Å². The summed E-state index contributed by atoms with van der Waals surface area (Å²) in [6.45, 7) is 1.57. The van der Waals surface area contributed by atoms with Gasteiger partial charge in [0.25, 0.3) is 5.91 Å². The third-order valence-corrected chi connectivity index (χ3v) is 7.16. The zero-order chi connectivity index (χ0) is 24.0. The molecule has 1 N–H and O–H groups in total. The van der Waals surface area contributed by atoms with Crippen LogP contribution in [-0.2, 0) is 21.4 Å². The number of aromatic nitrogens is 1. The number of rotatable bonds is 8. The van der Waals surface area contributed by atoms with Crippen LogP contribution in [0.25, 0.3) is 0 Å². The topological polar surface area (TPSA) is 107 Å². The van der Waals surface area contributed by atoms with Gasteiger partial charge in [-0.15, -0.1) is 0 Å². The molecule has 0 radical (unpaired) electrons. The lowest BCUT2D eigenvalue weighted by Gasteiger charge is -2.26. The molecule has 10 heteroatoms. The van der Waals surface area contributed by atoms with Crippen LogP contribution in [-0.4, -0.2) is 57.0 Å². The van der Waals surface area contributed by atoms with Crippen LogP contribution in [0.5, 0.6) is 11.5 Å². The first-order valence-corrected chi connectivity index (χ1v) is 12.1. The second kappa shape index (κ2) is 10.6. The van der Waals surface area contributed by atoms with Crippen molar-refractivity contribution in [3.8, 4) is 11.5 Å². The lowest BCUT2D eigenvalue weighted by atomic mass is 10.2. The molecule has 1 saturated heterocycles. The first-order valence-electron chi connectivity index (χ1n) is 10.7. The normalized spacial score (nSPS) is 14.4. The van der Waals surface area contributed by atoms with E-state index in [0.717, 1.165) is 5.56 Å². The third kappa shape index (κ3) is 5.53. The highest BCUT2D eigenvalue weighted by Gasteiger charge is 2.27. The maximum absolute atomic E-state index is 12.9. The number of carbonyl (C=O) groups is 1. The zero-order valence-electron chi connectivity index (χ0n) is 18.6. The van der Waals surface area contributed by atoms with Crippen molar-refractivity contribution in [2.24, 2.45) is 0 Å². The molecule has 0 unspecified atom stereocenters. The number of nitrogens with zero attached hydrogens (tertiary/aromatic N) is 2. The van der Waals surface area contributed by atoms with Gasteiger partial charge in [0.1, 0.15) is 6.61 Å². The molecule has 1 amide bonds. The second-order valence-electron chi connectivity index (χ2n) is 7.51. The van der Waals surface area contributed by atoms with Crippen molar-refractivity contribution >= 4 is 21.6 Å². The molecular weight excluding hydrogens is 458 g/mol. The molecule has 0 bridgehead atoms. The molecule has 1 fully saturated rings. The zero-order valence-corrected chi connectivity index (χ0v) is 19.5. The Morgan fingerprint density at radius 1 is 1.06 bits per heavy atom. The minimum Gasteiger partial charge on any atom is -0.493 e. The van der Waals surface area contributed by atoms with Crippen LogP contribution in [0.15, 0.2) is 71.9 Å². The number of hydrogen-bond acceptors (Lipinski definition) is 7. The number of methoxy groups -OCH3 is 1. The summed E-state index contributed by atoms with van der Waals surface area (Å²) >= 11 is 0. The predicted octanol–water partition coefficient (Wildman–Crippen LogP) is 2.94. The summed E-state index contributed by atoms with van der Waals surface area (Å²) in [7, 11) is -2.17. The smallest absolute Gasteiger partial charge is 0.255 e. The highest BCUT2D eigenvalue weighted by atomic mass is 32.2. The van der Waals surface area contributed by atoms with E-state index in [1.54, 1.807) is 42.7 Å². The number of morpholine rings is 1. The lowest BCUT2D eigenvalue weighted by Crippen LogP contribution is -2.40. The minimum absolute atomic E-state index is 0.0677. The van der Waals surface area contributed by atoms with Crippen LogP contribution in [0.3, 0.4) is 0 Å². The number of nitrogens with one attached hydrogen (secondary N) is 1. The Kier molecular flexibility index (Phi) is 7.41. The molecule has 0 atom stereocenters. The van der Waals surface area contributed by atoms with Gasteiger partial charge in [-0.3, -0.25) is 9.78 Å². The molecule has 1 aliphatic rings. The molecule has 9 nitrogen and oxygen atoms in total. The molecule has 1 aromatic heterocycles. The SMILES string of the molecule is COc1ccc(NC(=O)c2cccc(S(=O)(=O)N3CCOCC3)c2)cc1OCc1ccncc1. The van der Waals surface area contributed by atoms with E-state index >= 15 is 0 Å². The van der Waals surface area contributed by atoms with Crippen LogP contribution in [0.1, 0.15) is 15.9 Å². The Bertz CT molecular complexity index is 1240. The number of benzene rings is 2. The van der Waals surface area contributed by atoms with E-state index in [2.05, 4.69) is 10.3 Å². The Morgan fingerprint density at radius 2 is 1.82 bits per heavy atom. The summed E-state index contributed by atoms with van der Waals surface area (Å²) in [6, 6.07) is 14.7. The summed E-state index contributed by atoms with van der Waals surface area (Å²) < 4.78 is 43.7. The van der Waals surface area contributed by atoms with E-state index in [-0.39, 0.29) is 23.5 Å². The van der Waals surface area contributed by atoms with Gasteiger partial charge in [-0.05, 0) is 48.0 Å². The van der Waals surface area contributed by atoms with Gasteiger partial charge in [-0.1, -0.05) is 6.07 Å². The van der Waals surface area contributed by atoms with Gasteiger partial charge in [0.2, 0.25) is 10.0 Å². The van der Waals surface area contributed by atoms with Gasteiger partial charge < -0.3 is 19.5 Å². The van der Waals surface area contributed by atoms with Crippen molar-refractivity contribution in [1.82, 2.24) is 9.29 Å². The van der Waals surface area contributed by atoms with Gasteiger partial charge in [0.05, 0.1) is 25.2 Å². The van der Waals surface area contributed by atoms with E-state index in [1.807, 2.05) is 12.1 Å². The number of anilines is 1. The molecule has 2 aromatic carbocycles. The molecule has 34 heavy (non-hydrogen) atoms. The molecule has 0 spiro atoms. The monoisotopic (exact) mass is 483 g/mol. The summed E-state index contributed by atoms with van der Waals surface area (Å²) in [5.41, 5.74) is 1.64. The second-order valence-corrected chi connectivity index (χ2v) is 9.45. The average molecular weight is 484 g/mol. The van der Waals surface area contributed by atoms with Crippen LogP contribution in [0.2, 0.25) is 0 Å². The average Bonchev–Trinajstić information content (AvgIpc) is 2.88. The molecule has 3 aromatic rings. The first-order chi connectivity index (χ1) is 16.5. The van der Waals surface area contributed by atoms with E-state index in [4.69, 9.17) is 14.2 Å². The van der Waals surface area contributed by atoms with E-state index in [9.17, 15) is 13.2 Å². The predicted molar refractivity (Wildman–Crippen MR) is 126 cm³/mol. The van der Waals surface area contributed by atoms with Crippen molar-refractivity contribution in [1.29, 1.82) is 0 Å². The van der Waals surface area contributed by atoms with Crippen molar-refractivity contribution in [2.45, 2.75) is 11.5 Å². The fourth-order valence-electron chi connectivity index (χ4n) is 3.44. The van der Waals surface area contributed by atoms with Gasteiger partial charge in [-0.2, -0.15) is 4.31 Å². The number of amides is 1. The molecule has 2 heterocycles. The van der Waals surface area contributed by atoms with Crippen LogP contribution >= 0.6 is 0 Å². The third-order valence-electron chi connectivity index (χ3n) is 5.27. The molecular formula is C24H25N3O6S. The molecule has 1 aliphatic heterocycles. The number of pyridine rings is 1. The fraction of sp³-hybridized carbons (Fsp3) is 0.250. The van der Waals surface area contributed by atoms with Gasteiger partial charge in [0.15, 0.2) is 11.5 Å². The summed E-state index contributed by atoms with van der Waals surface area (Å²) in [4.78, 5) is 16.9. The summed E-state index contributed by atoms with van der Waals surface area (Å²) in [5, 5.41) is 2.79. The number of carbonyl (C=O) groups excluding carboxylic acids is 1. The van der Waals surface area contributed by atoms with Crippen molar-refractivity contribution in [2.75, 3.05) is 38.7 Å². The number of sulfonamides is 1. The quantitative estimate of drug-likeness (QED) is 0.525. The molecule has 0 aliphatic carbocycles. The molecule has 178 valence electrons. The van der Waals surface area contributed by atoms with Gasteiger partial charge in [0, 0.05) is 42.8 Å². The van der Waals surface area contributed by atoms with E-state index in [0.29, 0.717) is 37.0 Å². The summed E-state index contributed by atoms with van der Waals surface area (Å²) in [6.07, 6.45) is 3.36. The number of hydrogen-bond donors (Lipinski definition) is 1. The maximum Gasteiger partial charge on any atom is 0.255 e. The Labute approximate surface area is 198 Å². The Hall–Kier alpha value is -3.47. The van der Waals surface area contributed by atoms with E-state index < -0.39 is 15.9 Å². The van der Waals surface area contributed by atoms with Crippen molar-refractivity contribution in [3.05, 3.63) is 78.1 Å². The largest absolute Gasteiger partial charge is 0.493 e. The standard InChI is InChI=1S/C24H25N3O6S/c1-31-22-6-5-20(16-23(22)33-17-18-7-9-25-10-8-18)26-24(28)19-3-2-4-21(15-19)34(29,30)27-11-13-32-14-12-27/h2-10,15-16H,11-14,17H2,1H3,(H,26,28). The minimum atomic E-state index is -3.71. The fourth-order valence-corrected chi connectivity index (χ4v) is 4.90.